The van der Waals surface area contributed by atoms with E-state index in [2.05, 4.69) is 28.3 Å². The number of hydrogen-bond acceptors (Lipinski definition) is 4. The number of benzene rings is 1. The molecule has 4 fully saturated rings. The summed E-state index contributed by atoms with van der Waals surface area (Å²) < 4.78 is 6.12. The fourth-order valence-corrected chi connectivity index (χ4v) is 6.69. The lowest BCUT2D eigenvalue weighted by Crippen LogP contribution is -2.53. The minimum atomic E-state index is 0.419. The van der Waals surface area contributed by atoms with E-state index in [1.165, 1.54) is 38.5 Å². The van der Waals surface area contributed by atoms with Crippen molar-refractivity contribution in [1.82, 2.24) is 9.97 Å². The lowest BCUT2D eigenvalue weighted by Gasteiger charge is -2.59. The van der Waals surface area contributed by atoms with Crippen LogP contribution in [0.15, 0.2) is 35.0 Å². The maximum absolute atomic E-state index is 6.12. The van der Waals surface area contributed by atoms with Crippen LogP contribution in [0.2, 0.25) is 0 Å². The summed E-state index contributed by atoms with van der Waals surface area (Å²) in [6, 6.07) is 8.53. The highest BCUT2D eigenvalue weighted by molar-refractivity contribution is 6.05. The highest BCUT2D eigenvalue weighted by Crippen LogP contribution is 2.61. The number of furan rings is 1. The van der Waals surface area contributed by atoms with E-state index >= 15 is 0 Å². The van der Waals surface area contributed by atoms with Gasteiger partial charge in [0.2, 0.25) is 0 Å². The van der Waals surface area contributed by atoms with Crippen molar-refractivity contribution in [3.63, 3.8) is 0 Å². The molecule has 4 aliphatic rings. The summed E-state index contributed by atoms with van der Waals surface area (Å²) in [5.74, 6) is 3.74. The average molecular weight is 347 g/mol. The third kappa shape index (κ3) is 2.07. The van der Waals surface area contributed by atoms with Crippen LogP contribution in [0, 0.1) is 23.2 Å². The molecule has 1 atom stereocenters. The highest BCUT2D eigenvalue weighted by atomic mass is 16.3. The molecule has 0 saturated heterocycles. The Kier molecular flexibility index (Phi) is 3.01. The lowest BCUT2D eigenvalue weighted by atomic mass is 9.48. The Morgan fingerprint density at radius 2 is 1.73 bits per heavy atom. The summed E-state index contributed by atoms with van der Waals surface area (Å²) in [5.41, 5.74) is 3.03. The molecule has 134 valence electrons. The summed E-state index contributed by atoms with van der Waals surface area (Å²) in [5, 5.41) is 4.82. The third-order valence-electron chi connectivity index (χ3n) is 7.52. The number of hydrogen-bond donors (Lipinski definition) is 1. The zero-order valence-corrected chi connectivity index (χ0v) is 15.2. The predicted molar refractivity (Wildman–Crippen MR) is 103 cm³/mol. The number of fused-ring (bicyclic) bond motifs is 3. The molecule has 4 heteroatoms. The van der Waals surface area contributed by atoms with Crippen LogP contribution in [0.1, 0.15) is 45.4 Å². The Balaban J connectivity index is 1.37. The topological polar surface area (TPSA) is 51.0 Å². The smallest absolute Gasteiger partial charge is 0.196 e. The highest BCUT2D eigenvalue weighted by Gasteiger charge is 2.53. The zero-order valence-electron chi connectivity index (χ0n) is 15.2. The standard InChI is InChI=1S/C22H25N3O/c1-13(22-9-14-6-15(10-22)8-16(7-14)11-22)25-21-20-19(23-12-24-21)17-4-2-3-5-18(17)26-20/h2-5,12-16H,6-11H2,1H3,(H,23,24,25). The SMILES string of the molecule is CC(Nc1ncnc2c1oc1ccccc12)C12CC3CC(CC(C3)C1)C2. The normalized spacial score (nSPS) is 33.8. The summed E-state index contributed by atoms with van der Waals surface area (Å²) in [4.78, 5) is 9.04. The van der Waals surface area contributed by atoms with Crippen molar-refractivity contribution in [1.29, 1.82) is 0 Å². The van der Waals surface area contributed by atoms with Crippen molar-refractivity contribution in [2.75, 3.05) is 5.32 Å². The molecular formula is C22H25N3O. The maximum atomic E-state index is 6.12. The van der Waals surface area contributed by atoms with E-state index in [0.29, 0.717) is 11.5 Å². The first-order valence-corrected chi connectivity index (χ1v) is 10.1. The van der Waals surface area contributed by atoms with Crippen molar-refractivity contribution in [2.24, 2.45) is 23.2 Å². The number of anilines is 1. The maximum Gasteiger partial charge on any atom is 0.196 e. The number of nitrogens with one attached hydrogen (secondary N) is 1. The number of rotatable bonds is 3. The number of aromatic nitrogens is 2. The summed E-state index contributed by atoms with van der Waals surface area (Å²) in [6.45, 7) is 2.36. The molecule has 2 aromatic heterocycles. The monoisotopic (exact) mass is 347 g/mol. The molecular weight excluding hydrogens is 322 g/mol. The Morgan fingerprint density at radius 3 is 2.46 bits per heavy atom. The van der Waals surface area contributed by atoms with Gasteiger partial charge in [0.1, 0.15) is 17.4 Å². The zero-order chi connectivity index (χ0) is 17.3. The molecule has 0 amide bonds. The van der Waals surface area contributed by atoms with E-state index in [9.17, 15) is 0 Å². The molecule has 4 aliphatic carbocycles. The minimum absolute atomic E-state index is 0.419. The van der Waals surface area contributed by atoms with Gasteiger partial charge in [0, 0.05) is 11.4 Å². The Labute approximate surface area is 153 Å². The van der Waals surface area contributed by atoms with Gasteiger partial charge in [-0.25, -0.2) is 9.97 Å². The molecule has 0 aliphatic heterocycles. The summed E-state index contributed by atoms with van der Waals surface area (Å²) in [7, 11) is 0. The van der Waals surface area contributed by atoms with E-state index in [0.717, 1.165) is 45.6 Å². The minimum Gasteiger partial charge on any atom is -0.450 e. The molecule has 1 aromatic carbocycles. The van der Waals surface area contributed by atoms with Gasteiger partial charge < -0.3 is 9.73 Å². The van der Waals surface area contributed by atoms with E-state index in [1.807, 2.05) is 18.2 Å². The van der Waals surface area contributed by atoms with Crippen molar-refractivity contribution in [3.05, 3.63) is 30.6 Å². The van der Waals surface area contributed by atoms with Gasteiger partial charge in [0.05, 0.1) is 0 Å². The van der Waals surface area contributed by atoms with Gasteiger partial charge in [0.25, 0.3) is 0 Å². The Bertz CT molecular complexity index is 956. The number of nitrogens with zero attached hydrogens (tertiary/aromatic N) is 2. The third-order valence-corrected chi connectivity index (χ3v) is 7.52. The van der Waals surface area contributed by atoms with E-state index in [4.69, 9.17) is 4.42 Å². The predicted octanol–water partition coefficient (Wildman–Crippen LogP) is 5.39. The molecule has 4 nitrogen and oxygen atoms in total. The van der Waals surface area contributed by atoms with Gasteiger partial charge in [0.15, 0.2) is 11.4 Å². The van der Waals surface area contributed by atoms with E-state index in [-0.39, 0.29) is 0 Å². The van der Waals surface area contributed by atoms with Crippen molar-refractivity contribution in [3.8, 4) is 0 Å². The molecule has 7 rings (SSSR count). The number of para-hydroxylation sites is 1. The lowest BCUT2D eigenvalue weighted by molar-refractivity contribution is -0.0602. The Hall–Kier alpha value is -2.10. The molecule has 2 heterocycles. The van der Waals surface area contributed by atoms with Crippen LogP contribution < -0.4 is 5.32 Å². The quantitative estimate of drug-likeness (QED) is 0.690. The average Bonchev–Trinajstić information content (AvgIpc) is 3.00. The molecule has 4 bridgehead atoms. The van der Waals surface area contributed by atoms with Gasteiger partial charge >= 0.3 is 0 Å². The first-order chi connectivity index (χ1) is 12.7. The fourth-order valence-electron chi connectivity index (χ4n) is 6.69. The molecule has 0 radical (unpaired) electrons. The first kappa shape index (κ1) is 15.0. The van der Waals surface area contributed by atoms with Crippen LogP contribution in [-0.2, 0) is 0 Å². The second kappa shape index (κ2) is 5.21. The van der Waals surface area contributed by atoms with Crippen LogP contribution in [-0.4, -0.2) is 16.0 Å². The van der Waals surface area contributed by atoms with E-state index < -0.39 is 0 Å². The van der Waals surface area contributed by atoms with E-state index in [1.54, 1.807) is 6.33 Å². The molecule has 1 unspecified atom stereocenters. The van der Waals surface area contributed by atoms with Crippen molar-refractivity contribution < 1.29 is 4.42 Å². The fraction of sp³-hybridized carbons (Fsp3) is 0.545. The summed E-state index contributed by atoms with van der Waals surface area (Å²) in [6.07, 6.45) is 10.3. The van der Waals surface area contributed by atoms with Crippen LogP contribution in [0.5, 0.6) is 0 Å². The van der Waals surface area contributed by atoms with Crippen molar-refractivity contribution >= 4 is 27.9 Å². The van der Waals surface area contributed by atoms with Gasteiger partial charge in [-0.1, -0.05) is 12.1 Å². The van der Waals surface area contributed by atoms with Crippen LogP contribution in [0.4, 0.5) is 5.82 Å². The summed E-state index contributed by atoms with van der Waals surface area (Å²) >= 11 is 0. The molecule has 26 heavy (non-hydrogen) atoms. The largest absolute Gasteiger partial charge is 0.450 e. The second-order valence-corrected chi connectivity index (χ2v) is 9.14. The Morgan fingerprint density at radius 1 is 1.04 bits per heavy atom. The van der Waals surface area contributed by atoms with Crippen LogP contribution >= 0.6 is 0 Å². The molecule has 0 spiro atoms. The van der Waals surface area contributed by atoms with Crippen LogP contribution in [0.25, 0.3) is 22.1 Å². The van der Waals surface area contributed by atoms with Crippen molar-refractivity contribution in [2.45, 2.75) is 51.5 Å². The second-order valence-electron chi connectivity index (χ2n) is 9.14. The molecule has 4 saturated carbocycles. The first-order valence-electron chi connectivity index (χ1n) is 10.1. The van der Waals surface area contributed by atoms with Gasteiger partial charge in [-0.2, -0.15) is 0 Å². The van der Waals surface area contributed by atoms with Gasteiger partial charge in [-0.05, 0) is 80.8 Å². The van der Waals surface area contributed by atoms with Gasteiger partial charge in [-0.3, -0.25) is 0 Å². The van der Waals surface area contributed by atoms with Crippen LogP contribution in [0.3, 0.4) is 0 Å². The molecule has 1 N–H and O–H groups in total. The molecule has 3 aromatic rings. The van der Waals surface area contributed by atoms with Gasteiger partial charge in [-0.15, -0.1) is 0 Å².